The van der Waals surface area contributed by atoms with E-state index in [1.165, 1.54) is 24.3 Å². The summed E-state index contributed by atoms with van der Waals surface area (Å²) >= 11 is 0. The summed E-state index contributed by atoms with van der Waals surface area (Å²) in [5.74, 6) is -1.17. The first-order chi connectivity index (χ1) is 12.3. The topological polar surface area (TPSA) is 65.2 Å². The van der Waals surface area contributed by atoms with Crippen LogP contribution in [-0.2, 0) is 17.5 Å². The Hall–Kier alpha value is -3.23. The fraction of sp³-hybridized carbons (Fsp3) is 0.118. The molecule has 0 aliphatic rings. The third-order valence-corrected chi connectivity index (χ3v) is 3.35. The van der Waals surface area contributed by atoms with Crippen molar-refractivity contribution in [1.29, 1.82) is 0 Å². The van der Waals surface area contributed by atoms with Crippen LogP contribution in [0, 0.1) is 5.82 Å². The van der Waals surface area contributed by atoms with Gasteiger partial charge in [0.15, 0.2) is 6.61 Å². The average molecular weight is 366 g/mol. The van der Waals surface area contributed by atoms with E-state index in [0.29, 0.717) is 5.56 Å². The number of rotatable bonds is 4. The maximum atomic E-state index is 12.8. The van der Waals surface area contributed by atoms with Crippen LogP contribution in [0.2, 0.25) is 0 Å². The van der Waals surface area contributed by atoms with E-state index < -0.39 is 23.5 Å². The lowest BCUT2D eigenvalue weighted by Crippen LogP contribution is -2.05. The van der Waals surface area contributed by atoms with Crippen molar-refractivity contribution >= 4 is 5.97 Å². The fourth-order valence-corrected chi connectivity index (χ4v) is 2.04. The van der Waals surface area contributed by atoms with E-state index in [4.69, 9.17) is 9.26 Å². The number of benzene rings is 2. The van der Waals surface area contributed by atoms with Crippen molar-refractivity contribution < 1.29 is 31.6 Å². The van der Waals surface area contributed by atoms with Gasteiger partial charge in [-0.2, -0.15) is 18.2 Å². The summed E-state index contributed by atoms with van der Waals surface area (Å²) in [6.07, 6.45) is -4.44. The Balaban J connectivity index is 1.64. The predicted molar refractivity (Wildman–Crippen MR) is 80.3 cm³/mol. The zero-order valence-electron chi connectivity index (χ0n) is 13.0. The molecule has 0 saturated carbocycles. The average Bonchev–Trinajstić information content (AvgIpc) is 3.09. The first-order valence-electron chi connectivity index (χ1n) is 7.26. The van der Waals surface area contributed by atoms with E-state index in [2.05, 4.69) is 10.1 Å². The van der Waals surface area contributed by atoms with E-state index in [9.17, 15) is 22.4 Å². The number of alkyl halides is 3. The maximum absolute atomic E-state index is 12.8. The molecule has 5 nitrogen and oxygen atoms in total. The number of hydrogen-bond acceptors (Lipinski definition) is 5. The summed E-state index contributed by atoms with van der Waals surface area (Å²) in [6, 6.07) is 8.99. The van der Waals surface area contributed by atoms with Crippen LogP contribution in [-0.4, -0.2) is 16.1 Å². The Morgan fingerprint density at radius 3 is 2.31 bits per heavy atom. The van der Waals surface area contributed by atoms with Crippen LogP contribution < -0.4 is 0 Å². The van der Waals surface area contributed by atoms with Crippen molar-refractivity contribution in [2.45, 2.75) is 12.8 Å². The minimum absolute atomic E-state index is 0.0321. The lowest BCUT2D eigenvalue weighted by molar-refractivity contribution is -0.137. The van der Waals surface area contributed by atoms with Crippen molar-refractivity contribution in [2.75, 3.05) is 0 Å². The molecular weight excluding hydrogens is 356 g/mol. The maximum Gasteiger partial charge on any atom is 0.416 e. The number of hydrogen-bond donors (Lipinski definition) is 0. The largest absolute Gasteiger partial charge is 0.452 e. The molecule has 26 heavy (non-hydrogen) atoms. The second-order valence-electron chi connectivity index (χ2n) is 5.17. The van der Waals surface area contributed by atoms with Crippen LogP contribution in [0.4, 0.5) is 17.6 Å². The minimum atomic E-state index is -4.44. The number of halogens is 4. The molecule has 0 amide bonds. The van der Waals surface area contributed by atoms with E-state index in [0.717, 1.165) is 24.3 Å². The SMILES string of the molecule is O=C(OCc1nc(-c2ccc(C(F)(F)F)cc2)no1)c1ccc(F)cc1. The van der Waals surface area contributed by atoms with Crippen molar-refractivity contribution in [3.63, 3.8) is 0 Å². The molecule has 0 fully saturated rings. The number of carbonyl (C=O) groups is 1. The molecule has 134 valence electrons. The van der Waals surface area contributed by atoms with E-state index in [1.54, 1.807) is 0 Å². The Morgan fingerprint density at radius 2 is 1.69 bits per heavy atom. The molecule has 9 heteroatoms. The molecule has 0 saturated heterocycles. The van der Waals surface area contributed by atoms with Gasteiger partial charge in [0.1, 0.15) is 5.82 Å². The van der Waals surface area contributed by atoms with Crippen molar-refractivity contribution in [1.82, 2.24) is 10.1 Å². The Bertz CT molecular complexity index is 903. The van der Waals surface area contributed by atoms with Crippen molar-refractivity contribution in [3.05, 3.63) is 71.4 Å². The van der Waals surface area contributed by atoms with Gasteiger partial charge in [0.2, 0.25) is 5.82 Å². The highest BCUT2D eigenvalue weighted by atomic mass is 19.4. The molecule has 0 unspecified atom stereocenters. The molecule has 1 aromatic heterocycles. The van der Waals surface area contributed by atoms with Crippen LogP contribution in [0.25, 0.3) is 11.4 Å². The molecule has 1 heterocycles. The van der Waals surface area contributed by atoms with Gasteiger partial charge in [-0.05, 0) is 36.4 Å². The molecule has 0 aliphatic heterocycles. The van der Waals surface area contributed by atoms with Gasteiger partial charge in [-0.1, -0.05) is 17.3 Å². The summed E-state index contributed by atoms with van der Waals surface area (Å²) in [5, 5.41) is 3.63. The minimum Gasteiger partial charge on any atom is -0.452 e. The summed E-state index contributed by atoms with van der Waals surface area (Å²) in [7, 11) is 0. The van der Waals surface area contributed by atoms with Crippen LogP contribution in [0.5, 0.6) is 0 Å². The highest BCUT2D eigenvalue weighted by Crippen LogP contribution is 2.30. The van der Waals surface area contributed by atoms with Gasteiger partial charge in [-0.3, -0.25) is 0 Å². The molecule has 0 aliphatic carbocycles. The van der Waals surface area contributed by atoms with Crippen LogP contribution in [0.1, 0.15) is 21.8 Å². The van der Waals surface area contributed by atoms with Crippen LogP contribution in [0.3, 0.4) is 0 Å². The van der Waals surface area contributed by atoms with Crippen molar-refractivity contribution in [2.24, 2.45) is 0 Å². The Morgan fingerprint density at radius 1 is 1.04 bits per heavy atom. The summed E-state index contributed by atoms with van der Waals surface area (Å²) in [6.45, 7) is -0.330. The summed E-state index contributed by atoms with van der Waals surface area (Å²) in [4.78, 5) is 15.8. The van der Waals surface area contributed by atoms with Gasteiger partial charge in [0.25, 0.3) is 5.89 Å². The van der Waals surface area contributed by atoms with Gasteiger partial charge in [0.05, 0.1) is 11.1 Å². The third-order valence-electron chi connectivity index (χ3n) is 3.35. The smallest absolute Gasteiger partial charge is 0.416 e. The first kappa shape index (κ1) is 17.6. The first-order valence-corrected chi connectivity index (χ1v) is 7.26. The molecule has 0 spiro atoms. The zero-order valence-corrected chi connectivity index (χ0v) is 13.0. The highest BCUT2D eigenvalue weighted by Gasteiger charge is 2.30. The Kier molecular flexibility index (Phi) is 4.70. The lowest BCUT2D eigenvalue weighted by atomic mass is 10.1. The number of esters is 1. The van der Waals surface area contributed by atoms with Crippen LogP contribution in [0.15, 0.2) is 53.1 Å². The predicted octanol–water partition coefficient (Wildman–Crippen LogP) is 4.25. The second-order valence-corrected chi connectivity index (χ2v) is 5.17. The molecule has 3 rings (SSSR count). The van der Waals surface area contributed by atoms with E-state index >= 15 is 0 Å². The molecule has 0 radical (unpaired) electrons. The van der Waals surface area contributed by atoms with Gasteiger partial charge < -0.3 is 9.26 Å². The quantitative estimate of drug-likeness (QED) is 0.510. The summed E-state index contributed by atoms with van der Waals surface area (Å²) < 4.78 is 60.3. The van der Waals surface area contributed by atoms with E-state index in [1.807, 2.05) is 0 Å². The third kappa shape index (κ3) is 4.05. The Labute approximate surface area is 144 Å². The molecule has 0 N–H and O–H groups in total. The van der Waals surface area contributed by atoms with Crippen LogP contribution >= 0.6 is 0 Å². The van der Waals surface area contributed by atoms with Gasteiger partial charge >= 0.3 is 12.1 Å². The zero-order chi connectivity index (χ0) is 18.7. The van der Waals surface area contributed by atoms with Gasteiger partial charge in [-0.25, -0.2) is 9.18 Å². The number of nitrogens with zero attached hydrogens (tertiary/aromatic N) is 2. The number of aromatic nitrogens is 2. The molecule has 2 aromatic carbocycles. The number of ether oxygens (including phenoxy) is 1. The molecule has 3 aromatic rings. The normalized spacial score (nSPS) is 11.4. The fourth-order valence-electron chi connectivity index (χ4n) is 2.04. The van der Waals surface area contributed by atoms with E-state index in [-0.39, 0.29) is 23.9 Å². The lowest BCUT2D eigenvalue weighted by Gasteiger charge is -2.05. The summed E-state index contributed by atoms with van der Waals surface area (Å²) in [5.41, 5.74) is -0.329. The number of carbonyl (C=O) groups excluding carboxylic acids is 1. The van der Waals surface area contributed by atoms with Gasteiger partial charge in [-0.15, -0.1) is 0 Å². The van der Waals surface area contributed by atoms with Gasteiger partial charge in [0, 0.05) is 5.56 Å². The monoisotopic (exact) mass is 366 g/mol. The van der Waals surface area contributed by atoms with Crippen molar-refractivity contribution in [3.8, 4) is 11.4 Å². The molecule has 0 atom stereocenters. The molecular formula is C17H10F4N2O3. The highest BCUT2D eigenvalue weighted by molar-refractivity contribution is 5.89. The molecule has 0 bridgehead atoms. The standard InChI is InChI=1S/C17H10F4N2O3/c18-13-7-3-11(4-8-13)16(24)25-9-14-22-15(23-26-14)10-1-5-12(6-2-10)17(19,20)21/h1-8H,9H2. The second kappa shape index (κ2) is 6.95.